The van der Waals surface area contributed by atoms with E-state index < -0.39 is 6.04 Å². The molecule has 0 saturated heterocycles. The van der Waals surface area contributed by atoms with Gasteiger partial charge >= 0.3 is 0 Å². The number of nitrogens with zero attached hydrogens (tertiary/aromatic N) is 1. The van der Waals surface area contributed by atoms with Gasteiger partial charge in [-0.3, -0.25) is 9.59 Å². The molecule has 2 amide bonds. The van der Waals surface area contributed by atoms with Crippen LogP contribution in [0.25, 0.3) is 0 Å². The fourth-order valence-electron chi connectivity index (χ4n) is 2.95. The number of aryl methyl sites for hydroxylation is 2. The third kappa shape index (κ3) is 5.49. The standard InChI is InChI=1S/C22H26Cl2N2O2/c1-5-25-22(28)16(4)26(13-18-19(23)7-6-8-20(18)24)21(27)12-17-10-9-14(2)15(3)11-17/h6-11,16H,5,12-13H2,1-4H3,(H,25,28). The SMILES string of the molecule is CCNC(=O)C(C)N(Cc1c(Cl)cccc1Cl)C(=O)Cc1ccc(C)c(C)c1. The Kier molecular flexibility index (Phi) is 7.90. The maximum Gasteiger partial charge on any atom is 0.242 e. The van der Waals surface area contributed by atoms with Gasteiger partial charge in [0.25, 0.3) is 0 Å². The second-order valence-electron chi connectivity index (χ2n) is 6.89. The van der Waals surface area contributed by atoms with Crippen LogP contribution in [0.5, 0.6) is 0 Å². The summed E-state index contributed by atoms with van der Waals surface area (Å²) in [5.41, 5.74) is 3.84. The Morgan fingerprint density at radius 2 is 1.71 bits per heavy atom. The van der Waals surface area contributed by atoms with E-state index in [1.807, 2.05) is 39.0 Å². The van der Waals surface area contributed by atoms with Crippen LogP contribution in [-0.4, -0.2) is 29.3 Å². The van der Waals surface area contributed by atoms with Gasteiger partial charge in [0.15, 0.2) is 0 Å². The van der Waals surface area contributed by atoms with Crippen LogP contribution < -0.4 is 5.32 Å². The Labute approximate surface area is 176 Å². The smallest absolute Gasteiger partial charge is 0.242 e. The van der Waals surface area contributed by atoms with E-state index in [2.05, 4.69) is 5.32 Å². The maximum atomic E-state index is 13.1. The van der Waals surface area contributed by atoms with E-state index in [-0.39, 0.29) is 24.8 Å². The fraction of sp³-hybridized carbons (Fsp3) is 0.364. The summed E-state index contributed by atoms with van der Waals surface area (Å²) >= 11 is 12.6. The highest BCUT2D eigenvalue weighted by atomic mass is 35.5. The van der Waals surface area contributed by atoms with Crippen LogP contribution in [0.2, 0.25) is 10.0 Å². The molecule has 0 aliphatic heterocycles. The zero-order valence-electron chi connectivity index (χ0n) is 16.7. The Balaban J connectivity index is 2.32. The Bertz CT molecular complexity index is 847. The topological polar surface area (TPSA) is 49.4 Å². The lowest BCUT2D eigenvalue weighted by atomic mass is 10.0. The molecule has 0 aliphatic carbocycles. The fourth-order valence-corrected chi connectivity index (χ4v) is 3.46. The summed E-state index contributed by atoms with van der Waals surface area (Å²) in [6.45, 7) is 8.27. The molecule has 4 nitrogen and oxygen atoms in total. The molecule has 0 heterocycles. The second kappa shape index (κ2) is 9.94. The number of benzene rings is 2. The van der Waals surface area contributed by atoms with Crippen LogP contribution in [0, 0.1) is 13.8 Å². The lowest BCUT2D eigenvalue weighted by molar-refractivity contribution is -0.140. The lowest BCUT2D eigenvalue weighted by Gasteiger charge is -2.29. The highest BCUT2D eigenvalue weighted by Crippen LogP contribution is 2.27. The third-order valence-corrected chi connectivity index (χ3v) is 5.54. The summed E-state index contributed by atoms with van der Waals surface area (Å²) in [5.74, 6) is -0.364. The van der Waals surface area contributed by atoms with Gasteiger partial charge in [-0.15, -0.1) is 0 Å². The van der Waals surface area contributed by atoms with Crippen molar-refractivity contribution in [2.45, 2.75) is 46.7 Å². The molecule has 0 aliphatic rings. The summed E-state index contributed by atoms with van der Waals surface area (Å²) in [5, 5.41) is 3.72. The number of likely N-dealkylation sites (N-methyl/N-ethyl adjacent to an activating group) is 1. The summed E-state index contributed by atoms with van der Waals surface area (Å²) in [6, 6.07) is 10.5. The molecule has 1 atom stereocenters. The molecule has 0 aromatic heterocycles. The molecule has 0 bridgehead atoms. The van der Waals surface area contributed by atoms with E-state index in [1.165, 1.54) is 10.5 Å². The maximum absolute atomic E-state index is 13.1. The van der Waals surface area contributed by atoms with Gasteiger partial charge in [-0.05, 0) is 56.5 Å². The molecule has 2 rings (SSSR count). The van der Waals surface area contributed by atoms with Gasteiger partial charge in [0.05, 0.1) is 6.42 Å². The van der Waals surface area contributed by atoms with Gasteiger partial charge in [0.2, 0.25) is 11.8 Å². The summed E-state index contributed by atoms with van der Waals surface area (Å²) in [4.78, 5) is 27.1. The van der Waals surface area contributed by atoms with Gasteiger partial charge in [0, 0.05) is 28.7 Å². The molecular weight excluding hydrogens is 395 g/mol. The van der Waals surface area contributed by atoms with Gasteiger partial charge in [0.1, 0.15) is 6.04 Å². The van der Waals surface area contributed by atoms with Crippen molar-refractivity contribution in [1.29, 1.82) is 0 Å². The first-order valence-electron chi connectivity index (χ1n) is 9.30. The average molecular weight is 421 g/mol. The van der Waals surface area contributed by atoms with Crippen LogP contribution >= 0.6 is 23.2 Å². The summed E-state index contributed by atoms with van der Waals surface area (Å²) in [7, 11) is 0. The molecular formula is C22H26Cl2N2O2. The predicted molar refractivity (Wildman–Crippen MR) is 115 cm³/mol. The van der Waals surface area contributed by atoms with Crippen molar-refractivity contribution in [1.82, 2.24) is 10.2 Å². The molecule has 1 unspecified atom stereocenters. The van der Waals surface area contributed by atoms with E-state index in [9.17, 15) is 9.59 Å². The van der Waals surface area contributed by atoms with Gasteiger partial charge < -0.3 is 10.2 Å². The predicted octanol–water partition coefficient (Wildman–Crippen LogP) is 4.71. The minimum absolute atomic E-state index is 0.155. The largest absolute Gasteiger partial charge is 0.355 e. The van der Waals surface area contributed by atoms with Crippen LogP contribution in [-0.2, 0) is 22.6 Å². The second-order valence-corrected chi connectivity index (χ2v) is 7.70. The van der Waals surface area contributed by atoms with Gasteiger partial charge in [-0.1, -0.05) is 47.5 Å². The quantitative estimate of drug-likeness (QED) is 0.704. The lowest BCUT2D eigenvalue weighted by Crippen LogP contribution is -2.48. The normalized spacial score (nSPS) is 11.8. The highest BCUT2D eigenvalue weighted by molar-refractivity contribution is 6.36. The van der Waals surface area contributed by atoms with E-state index in [0.717, 1.165) is 11.1 Å². The summed E-state index contributed by atoms with van der Waals surface area (Å²) < 4.78 is 0. The molecule has 0 saturated carbocycles. The van der Waals surface area contributed by atoms with Crippen LogP contribution in [0.15, 0.2) is 36.4 Å². The van der Waals surface area contributed by atoms with Crippen LogP contribution in [0.3, 0.4) is 0 Å². The minimum Gasteiger partial charge on any atom is -0.355 e. The first-order chi connectivity index (χ1) is 13.2. The van der Waals surface area contributed by atoms with Crippen molar-refractivity contribution in [2.75, 3.05) is 6.54 Å². The monoisotopic (exact) mass is 420 g/mol. The molecule has 2 aromatic carbocycles. The Hall–Kier alpha value is -2.04. The molecule has 6 heteroatoms. The first kappa shape index (κ1) is 22.3. The van der Waals surface area contributed by atoms with E-state index in [0.29, 0.717) is 22.2 Å². The highest BCUT2D eigenvalue weighted by Gasteiger charge is 2.27. The van der Waals surface area contributed by atoms with Crippen molar-refractivity contribution in [3.63, 3.8) is 0 Å². The molecule has 0 fully saturated rings. The van der Waals surface area contributed by atoms with Crippen LogP contribution in [0.1, 0.15) is 36.1 Å². The van der Waals surface area contributed by atoms with Crippen molar-refractivity contribution >= 4 is 35.0 Å². The van der Waals surface area contributed by atoms with E-state index in [4.69, 9.17) is 23.2 Å². The van der Waals surface area contributed by atoms with Crippen LogP contribution in [0.4, 0.5) is 0 Å². The molecule has 2 aromatic rings. The molecule has 0 radical (unpaired) electrons. The van der Waals surface area contributed by atoms with Gasteiger partial charge in [-0.25, -0.2) is 0 Å². The number of halogens is 2. The number of hydrogen-bond acceptors (Lipinski definition) is 2. The zero-order chi connectivity index (χ0) is 20.8. The first-order valence-corrected chi connectivity index (χ1v) is 10.1. The Morgan fingerprint density at radius 1 is 1.07 bits per heavy atom. The molecule has 0 spiro atoms. The van der Waals surface area contributed by atoms with Crippen molar-refractivity contribution in [3.8, 4) is 0 Å². The number of rotatable bonds is 7. The number of amides is 2. The van der Waals surface area contributed by atoms with Gasteiger partial charge in [-0.2, -0.15) is 0 Å². The van der Waals surface area contributed by atoms with Crippen molar-refractivity contribution in [3.05, 3.63) is 68.7 Å². The average Bonchev–Trinajstić information content (AvgIpc) is 2.64. The molecule has 150 valence electrons. The number of nitrogens with one attached hydrogen (secondary N) is 1. The number of carbonyl (C=O) groups excluding carboxylic acids is 2. The Morgan fingerprint density at radius 3 is 2.29 bits per heavy atom. The molecule has 1 N–H and O–H groups in total. The number of hydrogen-bond donors (Lipinski definition) is 1. The molecule has 28 heavy (non-hydrogen) atoms. The summed E-state index contributed by atoms with van der Waals surface area (Å²) in [6.07, 6.45) is 0.201. The number of carbonyl (C=O) groups is 2. The zero-order valence-corrected chi connectivity index (χ0v) is 18.2. The van der Waals surface area contributed by atoms with Crippen molar-refractivity contribution in [2.24, 2.45) is 0 Å². The third-order valence-electron chi connectivity index (χ3n) is 4.84. The minimum atomic E-state index is -0.647. The van der Waals surface area contributed by atoms with Crippen molar-refractivity contribution < 1.29 is 9.59 Å². The van der Waals surface area contributed by atoms with E-state index in [1.54, 1.807) is 25.1 Å². The van der Waals surface area contributed by atoms with E-state index >= 15 is 0 Å².